The van der Waals surface area contributed by atoms with Crippen molar-refractivity contribution in [2.45, 2.75) is 13.5 Å². The highest BCUT2D eigenvalue weighted by Crippen LogP contribution is 2.32. The third kappa shape index (κ3) is 5.02. The first-order valence-electron chi connectivity index (χ1n) is 8.53. The predicted octanol–water partition coefficient (Wildman–Crippen LogP) is 2.69. The summed E-state index contributed by atoms with van der Waals surface area (Å²) in [5.74, 6) is 2.40. The lowest BCUT2D eigenvalue weighted by Crippen LogP contribution is -2.39. The normalized spacial score (nSPS) is 12.8. The number of aliphatic imine (C=N–C) groups is 1. The number of rotatable bonds is 7. The molecule has 0 amide bonds. The Morgan fingerprint density at radius 1 is 1.15 bits per heavy atom. The monoisotopic (exact) mass is 359 g/mol. The lowest BCUT2D eigenvalue weighted by Gasteiger charge is -2.12. The van der Waals surface area contributed by atoms with Gasteiger partial charge < -0.3 is 24.8 Å². The van der Waals surface area contributed by atoms with E-state index in [4.69, 9.17) is 14.2 Å². The first-order chi connectivity index (χ1) is 12.7. The molecule has 0 aromatic heterocycles. The number of fused-ring (bicyclic) bond motifs is 1. The third-order valence-corrected chi connectivity index (χ3v) is 3.66. The Bertz CT molecular complexity index is 767. The Kier molecular flexibility index (Phi) is 6.14. The van der Waals surface area contributed by atoms with E-state index in [0.29, 0.717) is 31.4 Å². The van der Waals surface area contributed by atoms with Crippen LogP contribution in [0.3, 0.4) is 0 Å². The molecule has 0 unspecified atom stereocenters. The average molecular weight is 359 g/mol. The molecule has 0 saturated carbocycles. The molecule has 2 N–H and O–H groups in total. The number of guanidine groups is 1. The van der Waals surface area contributed by atoms with Crippen LogP contribution in [0.25, 0.3) is 0 Å². The van der Waals surface area contributed by atoms with Crippen LogP contribution >= 0.6 is 0 Å². The molecule has 3 rings (SSSR count). The number of halogens is 1. The molecule has 0 fully saturated rings. The quantitative estimate of drug-likeness (QED) is 0.452. The topological polar surface area (TPSA) is 64.1 Å². The lowest BCUT2D eigenvalue weighted by molar-refractivity contribution is 0.174. The van der Waals surface area contributed by atoms with Gasteiger partial charge in [0.15, 0.2) is 17.5 Å². The summed E-state index contributed by atoms with van der Waals surface area (Å²) in [4.78, 5) is 4.55. The van der Waals surface area contributed by atoms with Crippen LogP contribution in [0, 0.1) is 5.82 Å². The molecular formula is C19H22FN3O3. The molecule has 6 nitrogen and oxygen atoms in total. The lowest BCUT2D eigenvalue weighted by atomic mass is 10.2. The van der Waals surface area contributed by atoms with Crippen LogP contribution < -0.4 is 24.8 Å². The van der Waals surface area contributed by atoms with E-state index in [1.807, 2.05) is 25.1 Å². The van der Waals surface area contributed by atoms with Gasteiger partial charge in [0, 0.05) is 12.6 Å². The first kappa shape index (κ1) is 17.8. The fraction of sp³-hybridized carbons (Fsp3) is 0.316. The maximum atomic E-state index is 13.1. The van der Waals surface area contributed by atoms with Crippen molar-refractivity contribution in [3.05, 3.63) is 53.8 Å². The zero-order valence-corrected chi connectivity index (χ0v) is 14.6. The Hall–Kier alpha value is -2.96. The highest BCUT2D eigenvalue weighted by Gasteiger charge is 2.12. The van der Waals surface area contributed by atoms with Crippen molar-refractivity contribution in [3.8, 4) is 17.2 Å². The van der Waals surface area contributed by atoms with Crippen LogP contribution in [0.2, 0.25) is 0 Å². The minimum Gasteiger partial charge on any atom is -0.492 e. The van der Waals surface area contributed by atoms with Crippen LogP contribution in [0.4, 0.5) is 4.39 Å². The van der Waals surface area contributed by atoms with Gasteiger partial charge >= 0.3 is 0 Å². The van der Waals surface area contributed by atoms with Gasteiger partial charge in [-0.2, -0.15) is 0 Å². The van der Waals surface area contributed by atoms with Crippen molar-refractivity contribution >= 4 is 5.96 Å². The Labute approximate surface area is 152 Å². The number of ether oxygens (including phenoxy) is 3. The molecule has 1 aliphatic rings. The summed E-state index contributed by atoms with van der Waals surface area (Å²) >= 11 is 0. The maximum absolute atomic E-state index is 13.1. The van der Waals surface area contributed by atoms with E-state index in [9.17, 15) is 4.39 Å². The van der Waals surface area contributed by atoms with Crippen molar-refractivity contribution < 1.29 is 18.6 Å². The van der Waals surface area contributed by atoms with Crippen molar-refractivity contribution in [2.24, 2.45) is 4.99 Å². The molecule has 0 spiro atoms. The molecular weight excluding hydrogens is 337 g/mol. The standard InChI is InChI=1S/C19H22FN3O3/c1-2-21-19(22-8-9-24-16-5-3-4-15(20)11-16)23-12-14-6-7-17-18(10-14)26-13-25-17/h3-7,10-11H,2,8-9,12-13H2,1H3,(H2,21,22,23). The molecule has 0 bridgehead atoms. The van der Waals surface area contributed by atoms with Crippen LogP contribution in [0.15, 0.2) is 47.5 Å². The average Bonchev–Trinajstić information content (AvgIpc) is 3.11. The SMILES string of the molecule is CCNC(=NCc1ccc2c(c1)OCO2)NCCOc1cccc(F)c1. The second-order valence-electron chi connectivity index (χ2n) is 5.62. The zero-order valence-electron chi connectivity index (χ0n) is 14.6. The van der Waals surface area contributed by atoms with Crippen molar-refractivity contribution in [1.29, 1.82) is 0 Å². The second kappa shape index (κ2) is 8.94. The highest BCUT2D eigenvalue weighted by molar-refractivity contribution is 5.79. The van der Waals surface area contributed by atoms with Crippen molar-refractivity contribution in [1.82, 2.24) is 10.6 Å². The summed E-state index contributed by atoms with van der Waals surface area (Å²) in [5, 5.41) is 6.37. The summed E-state index contributed by atoms with van der Waals surface area (Å²) in [5.41, 5.74) is 1.03. The van der Waals surface area contributed by atoms with E-state index in [-0.39, 0.29) is 12.6 Å². The van der Waals surface area contributed by atoms with E-state index < -0.39 is 0 Å². The van der Waals surface area contributed by atoms with E-state index >= 15 is 0 Å². The van der Waals surface area contributed by atoms with E-state index in [2.05, 4.69) is 15.6 Å². The molecule has 0 saturated heterocycles. The Morgan fingerprint density at radius 2 is 2.04 bits per heavy atom. The summed E-state index contributed by atoms with van der Waals surface area (Å²) in [6.07, 6.45) is 0. The minimum atomic E-state index is -0.311. The van der Waals surface area contributed by atoms with Gasteiger partial charge in [-0.15, -0.1) is 0 Å². The number of hydrogen-bond donors (Lipinski definition) is 2. The van der Waals surface area contributed by atoms with E-state index in [1.165, 1.54) is 12.1 Å². The maximum Gasteiger partial charge on any atom is 0.231 e. The second-order valence-corrected chi connectivity index (χ2v) is 5.62. The third-order valence-electron chi connectivity index (χ3n) is 3.66. The van der Waals surface area contributed by atoms with Gasteiger partial charge in [-0.25, -0.2) is 9.38 Å². The van der Waals surface area contributed by atoms with Gasteiger partial charge in [-0.05, 0) is 36.8 Å². The molecule has 138 valence electrons. The molecule has 0 aliphatic carbocycles. The van der Waals surface area contributed by atoms with Gasteiger partial charge in [0.25, 0.3) is 0 Å². The largest absolute Gasteiger partial charge is 0.492 e. The highest BCUT2D eigenvalue weighted by atomic mass is 19.1. The van der Waals surface area contributed by atoms with Crippen LogP contribution in [-0.4, -0.2) is 32.4 Å². The smallest absolute Gasteiger partial charge is 0.231 e. The summed E-state index contributed by atoms with van der Waals surface area (Å²) in [6, 6.07) is 11.9. The van der Waals surface area contributed by atoms with Crippen LogP contribution in [0.5, 0.6) is 17.2 Å². The van der Waals surface area contributed by atoms with E-state index in [0.717, 1.165) is 23.6 Å². The van der Waals surface area contributed by atoms with Gasteiger partial charge in [-0.1, -0.05) is 12.1 Å². The molecule has 1 heterocycles. The summed E-state index contributed by atoms with van der Waals surface area (Å²) < 4.78 is 29.3. The summed E-state index contributed by atoms with van der Waals surface area (Å²) in [6.45, 7) is 4.47. The summed E-state index contributed by atoms with van der Waals surface area (Å²) in [7, 11) is 0. The number of benzene rings is 2. The van der Waals surface area contributed by atoms with Crippen LogP contribution in [0.1, 0.15) is 12.5 Å². The van der Waals surface area contributed by atoms with Crippen molar-refractivity contribution in [3.63, 3.8) is 0 Å². The van der Waals surface area contributed by atoms with Gasteiger partial charge in [0.2, 0.25) is 6.79 Å². The van der Waals surface area contributed by atoms with Crippen LogP contribution in [-0.2, 0) is 6.54 Å². The minimum absolute atomic E-state index is 0.261. The number of hydrogen-bond acceptors (Lipinski definition) is 4. The molecule has 2 aromatic carbocycles. The molecule has 26 heavy (non-hydrogen) atoms. The molecule has 7 heteroatoms. The van der Waals surface area contributed by atoms with Gasteiger partial charge in [0.1, 0.15) is 18.2 Å². The molecule has 0 atom stereocenters. The van der Waals surface area contributed by atoms with Gasteiger partial charge in [-0.3, -0.25) is 0 Å². The number of nitrogens with zero attached hydrogens (tertiary/aromatic N) is 1. The zero-order chi connectivity index (χ0) is 18.2. The van der Waals surface area contributed by atoms with Crippen molar-refractivity contribution in [2.75, 3.05) is 26.5 Å². The first-order valence-corrected chi connectivity index (χ1v) is 8.53. The molecule has 1 aliphatic heterocycles. The number of nitrogens with one attached hydrogen (secondary N) is 2. The Balaban J connectivity index is 1.49. The molecule has 0 radical (unpaired) electrons. The fourth-order valence-corrected chi connectivity index (χ4v) is 2.45. The van der Waals surface area contributed by atoms with E-state index in [1.54, 1.807) is 12.1 Å². The Morgan fingerprint density at radius 3 is 2.88 bits per heavy atom. The fourth-order valence-electron chi connectivity index (χ4n) is 2.45. The molecule has 2 aromatic rings. The predicted molar refractivity (Wildman–Crippen MR) is 97.3 cm³/mol. The van der Waals surface area contributed by atoms with Gasteiger partial charge in [0.05, 0.1) is 13.1 Å².